The summed E-state index contributed by atoms with van der Waals surface area (Å²) in [6.45, 7) is 0.931. The van der Waals surface area contributed by atoms with Crippen molar-refractivity contribution in [2.75, 3.05) is 11.9 Å². The SMILES string of the molecule is c1cc(NC2=NCCC2)no1. The highest BCUT2D eigenvalue weighted by Crippen LogP contribution is 2.08. The molecule has 2 heterocycles. The van der Waals surface area contributed by atoms with Crippen LogP contribution < -0.4 is 5.32 Å². The first-order chi connectivity index (χ1) is 5.45. The Morgan fingerprint density at radius 2 is 2.55 bits per heavy atom. The number of rotatable bonds is 1. The van der Waals surface area contributed by atoms with Crippen molar-refractivity contribution in [1.29, 1.82) is 0 Å². The summed E-state index contributed by atoms with van der Waals surface area (Å²) >= 11 is 0. The van der Waals surface area contributed by atoms with Crippen molar-refractivity contribution in [2.45, 2.75) is 12.8 Å². The van der Waals surface area contributed by atoms with Gasteiger partial charge in [0.1, 0.15) is 12.1 Å². The van der Waals surface area contributed by atoms with Crippen molar-refractivity contribution in [3.8, 4) is 0 Å². The van der Waals surface area contributed by atoms with Crippen molar-refractivity contribution in [2.24, 2.45) is 4.99 Å². The van der Waals surface area contributed by atoms with E-state index in [1.807, 2.05) is 0 Å². The van der Waals surface area contributed by atoms with E-state index in [0.29, 0.717) is 0 Å². The summed E-state index contributed by atoms with van der Waals surface area (Å²) in [6, 6.07) is 1.78. The third kappa shape index (κ3) is 1.39. The molecule has 1 N–H and O–H groups in total. The van der Waals surface area contributed by atoms with Crippen LogP contribution in [-0.4, -0.2) is 17.5 Å². The summed E-state index contributed by atoms with van der Waals surface area (Å²) in [5, 5.41) is 6.78. The van der Waals surface area contributed by atoms with E-state index in [1.54, 1.807) is 6.07 Å². The molecule has 0 fully saturated rings. The van der Waals surface area contributed by atoms with E-state index in [1.165, 1.54) is 6.26 Å². The van der Waals surface area contributed by atoms with Crippen LogP contribution in [0.4, 0.5) is 5.82 Å². The van der Waals surface area contributed by atoms with Gasteiger partial charge in [-0.05, 0) is 6.42 Å². The Morgan fingerprint density at radius 3 is 3.18 bits per heavy atom. The van der Waals surface area contributed by atoms with E-state index in [-0.39, 0.29) is 0 Å². The first-order valence-electron chi connectivity index (χ1n) is 3.66. The van der Waals surface area contributed by atoms with Crippen molar-refractivity contribution < 1.29 is 4.52 Å². The van der Waals surface area contributed by atoms with E-state index in [9.17, 15) is 0 Å². The second kappa shape index (κ2) is 2.74. The van der Waals surface area contributed by atoms with E-state index in [0.717, 1.165) is 31.0 Å². The van der Waals surface area contributed by atoms with Crippen LogP contribution in [0, 0.1) is 0 Å². The fraction of sp³-hybridized carbons (Fsp3) is 0.429. The predicted octanol–water partition coefficient (Wildman–Crippen LogP) is 1.28. The topological polar surface area (TPSA) is 50.4 Å². The van der Waals surface area contributed by atoms with Gasteiger partial charge in [0, 0.05) is 19.0 Å². The summed E-state index contributed by atoms with van der Waals surface area (Å²) in [6.07, 6.45) is 3.70. The maximum absolute atomic E-state index is 4.66. The Kier molecular flexibility index (Phi) is 1.59. The van der Waals surface area contributed by atoms with Crippen LogP contribution in [0.2, 0.25) is 0 Å². The lowest BCUT2D eigenvalue weighted by atomic mass is 10.3. The third-order valence-corrected chi connectivity index (χ3v) is 1.58. The molecule has 1 aliphatic heterocycles. The standard InChI is InChI=1S/C7H9N3O/c1-2-6(8-4-1)9-7-3-5-11-10-7/h3,5H,1-2,4H2,(H,8,9,10). The van der Waals surface area contributed by atoms with E-state index >= 15 is 0 Å². The molecule has 0 aliphatic carbocycles. The maximum atomic E-state index is 4.66. The lowest BCUT2D eigenvalue weighted by molar-refractivity contribution is 0.423. The summed E-state index contributed by atoms with van der Waals surface area (Å²) in [5.74, 6) is 1.75. The minimum atomic E-state index is 0.741. The molecule has 0 radical (unpaired) electrons. The smallest absolute Gasteiger partial charge is 0.174 e. The van der Waals surface area contributed by atoms with Crippen LogP contribution in [0.15, 0.2) is 21.8 Å². The molecule has 0 aromatic carbocycles. The molecule has 4 heteroatoms. The summed E-state index contributed by atoms with van der Waals surface area (Å²) in [7, 11) is 0. The highest BCUT2D eigenvalue weighted by Gasteiger charge is 2.06. The van der Waals surface area contributed by atoms with Gasteiger partial charge < -0.3 is 9.84 Å². The van der Waals surface area contributed by atoms with Gasteiger partial charge in [0.05, 0.1) is 0 Å². The highest BCUT2D eigenvalue weighted by molar-refractivity contribution is 5.95. The van der Waals surface area contributed by atoms with Crippen molar-refractivity contribution in [1.82, 2.24) is 5.16 Å². The fourth-order valence-electron chi connectivity index (χ4n) is 1.07. The Balaban J connectivity index is 2.00. The largest absolute Gasteiger partial charge is 0.363 e. The number of nitrogens with zero attached hydrogens (tertiary/aromatic N) is 2. The molecular formula is C7H9N3O. The van der Waals surface area contributed by atoms with Gasteiger partial charge >= 0.3 is 0 Å². The number of hydrogen-bond acceptors (Lipinski definition) is 4. The lowest BCUT2D eigenvalue weighted by Crippen LogP contribution is -2.08. The molecule has 0 unspecified atom stereocenters. The molecule has 1 aliphatic rings. The van der Waals surface area contributed by atoms with E-state index < -0.39 is 0 Å². The third-order valence-electron chi connectivity index (χ3n) is 1.58. The molecule has 2 rings (SSSR count). The summed E-state index contributed by atoms with van der Waals surface area (Å²) in [5.41, 5.74) is 0. The molecule has 0 bridgehead atoms. The molecular weight excluding hydrogens is 142 g/mol. The highest BCUT2D eigenvalue weighted by atomic mass is 16.5. The number of amidine groups is 1. The number of anilines is 1. The normalized spacial score (nSPS) is 16.5. The van der Waals surface area contributed by atoms with Gasteiger partial charge in [-0.3, -0.25) is 4.99 Å². The Hall–Kier alpha value is -1.32. The van der Waals surface area contributed by atoms with Crippen molar-refractivity contribution in [3.05, 3.63) is 12.3 Å². The van der Waals surface area contributed by atoms with Crippen LogP contribution in [0.25, 0.3) is 0 Å². The zero-order valence-corrected chi connectivity index (χ0v) is 6.08. The quantitative estimate of drug-likeness (QED) is 0.657. The Morgan fingerprint density at radius 1 is 1.55 bits per heavy atom. The fourth-order valence-corrected chi connectivity index (χ4v) is 1.07. The molecule has 0 spiro atoms. The first-order valence-corrected chi connectivity index (χ1v) is 3.66. The van der Waals surface area contributed by atoms with Crippen molar-refractivity contribution in [3.63, 3.8) is 0 Å². The number of aliphatic imine (C=N–C) groups is 1. The maximum Gasteiger partial charge on any atom is 0.174 e. The molecule has 0 saturated carbocycles. The lowest BCUT2D eigenvalue weighted by Gasteiger charge is -1.97. The van der Waals surface area contributed by atoms with Gasteiger partial charge in [-0.1, -0.05) is 5.16 Å². The Labute approximate surface area is 64.3 Å². The van der Waals surface area contributed by atoms with Gasteiger partial charge in [0.15, 0.2) is 5.82 Å². The molecule has 11 heavy (non-hydrogen) atoms. The van der Waals surface area contributed by atoms with Crippen LogP contribution in [0.3, 0.4) is 0 Å². The van der Waals surface area contributed by atoms with Crippen molar-refractivity contribution >= 4 is 11.7 Å². The molecule has 58 valence electrons. The molecule has 4 nitrogen and oxygen atoms in total. The van der Waals surface area contributed by atoms with Crippen LogP contribution >= 0.6 is 0 Å². The molecule has 1 aromatic rings. The zero-order valence-electron chi connectivity index (χ0n) is 6.08. The van der Waals surface area contributed by atoms with Crippen LogP contribution in [0.5, 0.6) is 0 Å². The number of hydrogen-bond donors (Lipinski definition) is 1. The van der Waals surface area contributed by atoms with Gasteiger partial charge in [-0.25, -0.2) is 0 Å². The summed E-state index contributed by atoms with van der Waals surface area (Å²) in [4.78, 5) is 4.23. The molecule has 0 atom stereocenters. The molecule has 0 saturated heterocycles. The first kappa shape index (κ1) is 6.39. The minimum Gasteiger partial charge on any atom is -0.363 e. The Bertz CT molecular complexity index is 253. The van der Waals surface area contributed by atoms with E-state index in [4.69, 9.17) is 0 Å². The van der Waals surface area contributed by atoms with Gasteiger partial charge in [-0.15, -0.1) is 0 Å². The average molecular weight is 151 g/mol. The molecule has 0 amide bonds. The minimum absolute atomic E-state index is 0.741. The zero-order chi connectivity index (χ0) is 7.52. The number of aromatic nitrogens is 1. The predicted molar refractivity (Wildman–Crippen MR) is 41.7 cm³/mol. The second-order valence-corrected chi connectivity index (χ2v) is 2.44. The van der Waals surface area contributed by atoms with Gasteiger partial charge in [0.2, 0.25) is 0 Å². The van der Waals surface area contributed by atoms with E-state index in [2.05, 4.69) is 20.0 Å². The monoisotopic (exact) mass is 151 g/mol. The van der Waals surface area contributed by atoms with Crippen LogP contribution in [0.1, 0.15) is 12.8 Å². The number of nitrogens with one attached hydrogen (secondary N) is 1. The van der Waals surface area contributed by atoms with Gasteiger partial charge in [0.25, 0.3) is 0 Å². The second-order valence-electron chi connectivity index (χ2n) is 2.44. The van der Waals surface area contributed by atoms with Gasteiger partial charge in [-0.2, -0.15) is 0 Å². The average Bonchev–Trinajstić information content (AvgIpc) is 2.60. The summed E-state index contributed by atoms with van der Waals surface area (Å²) < 4.78 is 4.66. The van der Waals surface area contributed by atoms with Crippen LogP contribution in [-0.2, 0) is 0 Å². The molecule has 1 aromatic heterocycles.